The number of nitro groups is 1. The average Bonchev–Trinajstić information content (AvgIpc) is 2.43. The van der Waals surface area contributed by atoms with E-state index in [9.17, 15) is 19.3 Å². The van der Waals surface area contributed by atoms with E-state index in [-0.39, 0.29) is 11.3 Å². The second-order valence-corrected chi connectivity index (χ2v) is 5.80. The van der Waals surface area contributed by atoms with Crippen molar-refractivity contribution in [2.75, 3.05) is 11.1 Å². The third-order valence-electron chi connectivity index (χ3n) is 3.00. The molecule has 0 heterocycles. The van der Waals surface area contributed by atoms with E-state index in [0.717, 1.165) is 15.2 Å². The number of nitrogens with two attached hydrogens (primary N) is 1. The van der Waals surface area contributed by atoms with Gasteiger partial charge in [-0.2, -0.15) is 0 Å². The molecule has 1 amide bonds. The normalized spacial score (nSPS) is 10.3. The highest BCUT2D eigenvalue weighted by Gasteiger charge is 2.22. The van der Waals surface area contributed by atoms with Crippen molar-refractivity contribution >= 4 is 45.6 Å². The molecule has 0 aromatic heterocycles. The Kier molecular flexibility index (Phi) is 4.59. The molecule has 0 aliphatic carbocycles. The summed E-state index contributed by atoms with van der Waals surface area (Å²) in [5.41, 5.74) is 5.66. The van der Waals surface area contributed by atoms with Crippen LogP contribution in [0.15, 0.2) is 30.3 Å². The smallest absolute Gasteiger partial charge is 0.295 e. The highest BCUT2D eigenvalue weighted by atomic mass is 127. The maximum atomic E-state index is 13.5. The molecule has 6 nitrogen and oxygen atoms in total. The molecule has 0 spiro atoms. The van der Waals surface area contributed by atoms with Crippen LogP contribution in [0.5, 0.6) is 0 Å². The number of nitrogens with one attached hydrogen (secondary N) is 1. The van der Waals surface area contributed by atoms with E-state index in [1.54, 1.807) is 19.1 Å². The first kappa shape index (κ1) is 16.1. The first-order valence-electron chi connectivity index (χ1n) is 6.10. The van der Waals surface area contributed by atoms with Crippen molar-refractivity contribution < 1.29 is 14.1 Å². The number of nitrogen functional groups attached to an aromatic ring is 1. The minimum absolute atomic E-state index is 0.273. The summed E-state index contributed by atoms with van der Waals surface area (Å²) in [5.74, 6) is -1.60. The zero-order valence-electron chi connectivity index (χ0n) is 11.4. The second-order valence-electron chi connectivity index (χ2n) is 4.56. The van der Waals surface area contributed by atoms with Gasteiger partial charge in [-0.3, -0.25) is 14.9 Å². The molecule has 0 bridgehead atoms. The molecular weight excluding hydrogens is 404 g/mol. The van der Waals surface area contributed by atoms with Crippen LogP contribution in [0.2, 0.25) is 0 Å². The number of hydrogen-bond acceptors (Lipinski definition) is 4. The summed E-state index contributed by atoms with van der Waals surface area (Å²) in [6.07, 6.45) is 0. The fourth-order valence-corrected chi connectivity index (χ4v) is 2.55. The number of benzene rings is 2. The van der Waals surface area contributed by atoms with Crippen LogP contribution in [-0.4, -0.2) is 10.8 Å². The third-order valence-corrected chi connectivity index (χ3v) is 3.67. The molecule has 2 aromatic carbocycles. The van der Waals surface area contributed by atoms with Gasteiger partial charge in [0.05, 0.1) is 16.6 Å². The largest absolute Gasteiger partial charge is 0.393 e. The van der Waals surface area contributed by atoms with Crippen molar-refractivity contribution in [1.82, 2.24) is 0 Å². The van der Waals surface area contributed by atoms with E-state index in [1.165, 1.54) is 0 Å². The van der Waals surface area contributed by atoms with E-state index in [0.29, 0.717) is 11.8 Å². The number of anilines is 2. The molecule has 0 aliphatic rings. The Morgan fingerprint density at radius 3 is 2.64 bits per heavy atom. The lowest BCUT2D eigenvalue weighted by Gasteiger charge is -2.10. The highest BCUT2D eigenvalue weighted by molar-refractivity contribution is 14.1. The molecule has 0 saturated carbocycles. The summed E-state index contributed by atoms with van der Waals surface area (Å²) < 4.78 is 14.5. The lowest BCUT2D eigenvalue weighted by Crippen LogP contribution is -2.16. The van der Waals surface area contributed by atoms with Crippen LogP contribution < -0.4 is 11.1 Å². The first-order chi connectivity index (χ1) is 10.3. The molecule has 2 rings (SSSR count). The summed E-state index contributed by atoms with van der Waals surface area (Å²) in [5, 5.41) is 13.4. The maximum absolute atomic E-state index is 13.5. The number of amides is 1. The summed E-state index contributed by atoms with van der Waals surface area (Å²) in [6.45, 7) is 1.80. The van der Waals surface area contributed by atoms with Crippen LogP contribution in [0.4, 0.5) is 21.5 Å². The minimum Gasteiger partial charge on any atom is -0.393 e. The van der Waals surface area contributed by atoms with Crippen molar-refractivity contribution in [3.8, 4) is 0 Å². The predicted octanol–water partition coefficient (Wildman–Crippen LogP) is 3.48. The number of aryl methyl sites for hydroxylation is 1. The molecule has 3 N–H and O–H groups in total. The summed E-state index contributed by atoms with van der Waals surface area (Å²) in [4.78, 5) is 22.2. The summed E-state index contributed by atoms with van der Waals surface area (Å²) in [6, 6.07) is 6.90. The van der Waals surface area contributed by atoms with E-state index < -0.39 is 22.3 Å². The molecule has 0 aliphatic heterocycles. The lowest BCUT2D eigenvalue weighted by molar-refractivity contribution is -0.384. The molecule has 2 aromatic rings. The van der Waals surface area contributed by atoms with Crippen molar-refractivity contribution in [2.45, 2.75) is 6.92 Å². The zero-order valence-corrected chi connectivity index (χ0v) is 13.5. The van der Waals surface area contributed by atoms with Crippen molar-refractivity contribution in [3.63, 3.8) is 0 Å². The number of hydrogen-bond donors (Lipinski definition) is 2. The molecule has 0 radical (unpaired) electrons. The molecule has 114 valence electrons. The number of nitrogens with zero attached hydrogens (tertiary/aromatic N) is 1. The molecular formula is C14H11FIN3O3. The van der Waals surface area contributed by atoms with Gasteiger partial charge in [-0.1, -0.05) is 0 Å². The maximum Gasteiger partial charge on any atom is 0.295 e. The van der Waals surface area contributed by atoms with Gasteiger partial charge in [-0.05, 0) is 59.3 Å². The Bertz CT molecular complexity index is 780. The number of carbonyl (C=O) groups excluding carboxylic acids is 1. The van der Waals surface area contributed by atoms with E-state index in [4.69, 9.17) is 5.73 Å². The molecule has 0 fully saturated rings. The van der Waals surface area contributed by atoms with Gasteiger partial charge >= 0.3 is 0 Å². The van der Waals surface area contributed by atoms with Crippen LogP contribution in [0.1, 0.15) is 15.9 Å². The Balaban J connectivity index is 2.39. The van der Waals surface area contributed by atoms with Crippen molar-refractivity contribution in [3.05, 3.63) is 61.0 Å². The van der Waals surface area contributed by atoms with Crippen LogP contribution in [0.25, 0.3) is 0 Å². The Labute approximate surface area is 138 Å². The van der Waals surface area contributed by atoms with Gasteiger partial charge in [0, 0.05) is 9.26 Å². The quantitative estimate of drug-likeness (QED) is 0.347. The third kappa shape index (κ3) is 3.32. The number of rotatable bonds is 3. The lowest BCUT2D eigenvalue weighted by atomic mass is 10.1. The number of nitro benzene ring substituents is 1. The topological polar surface area (TPSA) is 98.3 Å². The number of halogens is 2. The zero-order chi connectivity index (χ0) is 16.4. The molecule has 8 heteroatoms. The van der Waals surface area contributed by atoms with Crippen LogP contribution in [0, 0.1) is 26.4 Å². The fraction of sp³-hybridized carbons (Fsp3) is 0.0714. The van der Waals surface area contributed by atoms with Gasteiger partial charge in [-0.15, -0.1) is 0 Å². The van der Waals surface area contributed by atoms with Gasteiger partial charge < -0.3 is 11.1 Å². The van der Waals surface area contributed by atoms with Gasteiger partial charge in [-0.25, -0.2) is 4.39 Å². The summed E-state index contributed by atoms with van der Waals surface area (Å²) in [7, 11) is 0. The van der Waals surface area contributed by atoms with E-state index in [2.05, 4.69) is 27.9 Å². The first-order valence-corrected chi connectivity index (χ1v) is 7.18. The Morgan fingerprint density at radius 1 is 1.36 bits per heavy atom. The van der Waals surface area contributed by atoms with Gasteiger partial charge in [0.25, 0.3) is 11.6 Å². The van der Waals surface area contributed by atoms with Gasteiger partial charge in [0.2, 0.25) is 0 Å². The molecule has 0 atom stereocenters. The average molecular weight is 415 g/mol. The van der Waals surface area contributed by atoms with E-state index in [1.807, 2.05) is 6.07 Å². The molecule has 0 unspecified atom stereocenters. The Hall–Kier alpha value is -2.23. The van der Waals surface area contributed by atoms with Crippen LogP contribution >= 0.6 is 22.6 Å². The van der Waals surface area contributed by atoms with Gasteiger partial charge in [0.15, 0.2) is 0 Å². The fourth-order valence-electron chi connectivity index (χ4n) is 1.90. The van der Waals surface area contributed by atoms with Crippen molar-refractivity contribution in [1.29, 1.82) is 0 Å². The molecule has 0 saturated heterocycles. The van der Waals surface area contributed by atoms with Gasteiger partial charge in [0.1, 0.15) is 11.5 Å². The SMILES string of the molecule is Cc1cc(I)ccc1NC(=O)c1cc(F)cc([N+](=O)[O-])c1N. The van der Waals surface area contributed by atoms with Crippen molar-refractivity contribution in [2.24, 2.45) is 0 Å². The summed E-state index contributed by atoms with van der Waals surface area (Å²) >= 11 is 2.13. The van der Waals surface area contributed by atoms with E-state index >= 15 is 0 Å². The monoisotopic (exact) mass is 415 g/mol. The number of carbonyl (C=O) groups is 1. The minimum atomic E-state index is -0.898. The Morgan fingerprint density at radius 2 is 2.05 bits per heavy atom. The van der Waals surface area contributed by atoms with Crippen LogP contribution in [-0.2, 0) is 0 Å². The second kappa shape index (κ2) is 6.26. The predicted molar refractivity (Wildman–Crippen MR) is 89.3 cm³/mol. The van der Waals surface area contributed by atoms with Crippen LogP contribution in [0.3, 0.4) is 0 Å². The molecule has 22 heavy (non-hydrogen) atoms. The highest BCUT2D eigenvalue weighted by Crippen LogP contribution is 2.28. The standard InChI is InChI=1S/C14H11FIN3O3/c1-7-4-9(16)2-3-11(7)18-14(20)10-5-8(15)6-12(13(10)17)19(21)22/h2-6H,17H2,1H3,(H,18,20).